The summed E-state index contributed by atoms with van der Waals surface area (Å²) in [4.78, 5) is 0. The van der Waals surface area contributed by atoms with Crippen molar-refractivity contribution in [2.75, 3.05) is 0 Å². The van der Waals surface area contributed by atoms with E-state index in [9.17, 15) is 0 Å². The number of rotatable bonds is 6. The van der Waals surface area contributed by atoms with Gasteiger partial charge in [0, 0.05) is 6.10 Å². The van der Waals surface area contributed by atoms with Gasteiger partial charge >= 0.3 is 0 Å². The zero-order valence-electron chi connectivity index (χ0n) is 14.8. The van der Waals surface area contributed by atoms with Gasteiger partial charge in [0.1, 0.15) is 0 Å². The summed E-state index contributed by atoms with van der Waals surface area (Å²) in [5.41, 5.74) is 1.49. The minimum absolute atomic E-state index is 0.213. The van der Waals surface area contributed by atoms with Gasteiger partial charge in [0.25, 0.3) is 0 Å². The van der Waals surface area contributed by atoms with Crippen molar-refractivity contribution < 1.29 is 4.43 Å². The molecule has 0 fully saturated rings. The van der Waals surface area contributed by atoms with E-state index < -0.39 is 8.32 Å². The minimum Gasteiger partial charge on any atom is -0.413 e. The Morgan fingerprint density at radius 1 is 1.11 bits per heavy atom. The normalized spacial score (nSPS) is 15.4. The largest absolute Gasteiger partial charge is 0.413 e. The van der Waals surface area contributed by atoms with Gasteiger partial charge in [-0.1, -0.05) is 47.1 Å². The number of hydrogen-bond donors (Lipinski definition) is 0. The maximum atomic E-state index is 6.66. The Balaban J connectivity index is 4.75. The standard InChI is InChI=1S/C17H36OSi/c1-14(2)12-11-13-15(16(3,4)5)18-19(9,10)17(6,7)8/h15H,1,11-13H2,2-10H3. The molecule has 0 aromatic heterocycles. The summed E-state index contributed by atoms with van der Waals surface area (Å²) in [5.74, 6) is 0. The van der Waals surface area contributed by atoms with E-state index in [4.69, 9.17) is 4.43 Å². The molecule has 0 N–H and O–H groups in total. The maximum Gasteiger partial charge on any atom is 0.192 e. The van der Waals surface area contributed by atoms with E-state index in [2.05, 4.69) is 68.1 Å². The molecule has 0 aliphatic rings. The predicted molar refractivity (Wildman–Crippen MR) is 90.2 cm³/mol. The van der Waals surface area contributed by atoms with Crippen molar-refractivity contribution in [2.45, 2.75) is 92.0 Å². The highest BCUT2D eigenvalue weighted by atomic mass is 28.4. The van der Waals surface area contributed by atoms with Gasteiger partial charge in [0.15, 0.2) is 8.32 Å². The Kier molecular flexibility index (Phi) is 6.55. The summed E-state index contributed by atoms with van der Waals surface area (Å²) in [6.07, 6.45) is 3.80. The molecule has 0 saturated heterocycles. The average Bonchev–Trinajstić information content (AvgIpc) is 2.11. The minimum atomic E-state index is -1.68. The fourth-order valence-electron chi connectivity index (χ4n) is 1.79. The Bertz CT molecular complexity index is 291. The van der Waals surface area contributed by atoms with Crippen LogP contribution in [0.3, 0.4) is 0 Å². The first-order valence-corrected chi connectivity index (χ1v) is 10.5. The van der Waals surface area contributed by atoms with Crippen molar-refractivity contribution in [1.29, 1.82) is 0 Å². The lowest BCUT2D eigenvalue weighted by Gasteiger charge is -2.43. The first-order valence-electron chi connectivity index (χ1n) is 7.59. The molecule has 0 radical (unpaired) electrons. The molecule has 0 rings (SSSR count). The van der Waals surface area contributed by atoms with E-state index in [1.54, 1.807) is 0 Å². The Morgan fingerprint density at radius 2 is 1.58 bits per heavy atom. The quantitative estimate of drug-likeness (QED) is 0.418. The van der Waals surface area contributed by atoms with Crippen LogP contribution in [0.1, 0.15) is 67.7 Å². The van der Waals surface area contributed by atoms with Gasteiger partial charge in [-0.15, -0.1) is 6.58 Å². The fourth-order valence-corrected chi connectivity index (χ4v) is 3.33. The Morgan fingerprint density at radius 3 is 1.89 bits per heavy atom. The molecular weight excluding hydrogens is 248 g/mol. The van der Waals surface area contributed by atoms with Gasteiger partial charge in [0.05, 0.1) is 0 Å². The van der Waals surface area contributed by atoms with Crippen molar-refractivity contribution in [2.24, 2.45) is 5.41 Å². The molecule has 0 aliphatic heterocycles. The summed E-state index contributed by atoms with van der Waals surface area (Å²) in [7, 11) is -1.68. The molecule has 0 aromatic rings. The molecule has 1 unspecified atom stereocenters. The summed E-state index contributed by atoms with van der Waals surface area (Å²) in [6.45, 7) is 24.6. The van der Waals surface area contributed by atoms with Gasteiger partial charge < -0.3 is 4.43 Å². The topological polar surface area (TPSA) is 9.23 Å². The van der Waals surface area contributed by atoms with Crippen LogP contribution in [0, 0.1) is 5.41 Å². The van der Waals surface area contributed by atoms with Crippen LogP contribution in [0.5, 0.6) is 0 Å². The second-order valence-corrected chi connectivity index (χ2v) is 13.3. The Hall–Kier alpha value is -0.0831. The van der Waals surface area contributed by atoms with Crippen molar-refractivity contribution in [3.8, 4) is 0 Å². The molecule has 2 heteroatoms. The number of allylic oxidation sites excluding steroid dienone is 1. The van der Waals surface area contributed by atoms with Crippen molar-refractivity contribution in [1.82, 2.24) is 0 Å². The molecule has 0 amide bonds. The molecule has 0 aliphatic carbocycles. The fraction of sp³-hybridized carbons (Fsp3) is 0.882. The highest BCUT2D eigenvalue weighted by Gasteiger charge is 2.41. The van der Waals surface area contributed by atoms with Crippen molar-refractivity contribution in [3.05, 3.63) is 12.2 Å². The smallest absolute Gasteiger partial charge is 0.192 e. The van der Waals surface area contributed by atoms with Crippen LogP contribution >= 0.6 is 0 Å². The molecular formula is C17H36OSi. The maximum absolute atomic E-state index is 6.66. The summed E-state index contributed by atoms with van der Waals surface area (Å²) < 4.78 is 6.66. The van der Waals surface area contributed by atoms with Crippen molar-refractivity contribution in [3.63, 3.8) is 0 Å². The molecule has 1 atom stereocenters. The Labute approximate surface area is 123 Å². The van der Waals surface area contributed by atoms with Crippen LogP contribution in [0.25, 0.3) is 0 Å². The first kappa shape index (κ1) is 18.9. The molecule has 114 valence electrons. The first-order chi connectivity index (χ1) is 8.27. The van der Waals surface area contributed by atoms with Gasteiger partial charge in [-0.3, -0.25) is 0 Å². The van der Waals surface area contributed by atoms with Crippen LogP contribution < -0.4 is 0 Å². The highest BCUT2D eigenvalue weighted by Crippen LogP contribution is 2.40. The van der Waals surface area contributed by atoms with E-state index in [1.165, 1.54) is 12.0 Å². The van der Waals surface area contributed by atoms with E-state index in [0.29, 0.717) is 6.10 Å². The molecule has 0 heterocycles. The van der Waals surface area contributed by atoms with E-state index in [1.807, 2.05) is 0 Å². The second-order valence-electron chi connectivity index (χ2n) is 8.58. The summed E-state index contributed by atoms with van der Waals surface area (Å²) in [6, 6.07) is 0. The highest BCUT2D eigenvalue weighted by molar-refractivity contribution is 6.74. The SMILES string of the molecule is C=C(C)CCCC(O[Si](C)(C)C(C)(C)C)C(C)(C)C. The third-order valence-electron chi connectivity index (χ3n) is 4.28. The lowest BCUT2D eigenvalue weighted by molar-refractivity contribution is 0.0638. The van der Waals surface area contributed by atoms with E-state index in [-0.39, 0.29) is 10.5 Å². The average molecular weight is 285 g/mol. The molecule has 0 aromatic carbocycles. The molecule has 1 nitrogen and oxygen atoms in total. The zero-order chi connectivity index (χ0) is 15.5. The van der Waals surface area contributed by atoms with Crippen LogP contribution in [0.15, 0.2) is 12.2 Å². The van der Waals surface area contributed by atoms with Gasteiger partial charge in [-0.2, -0.15) is 0 Å². The number of hydrogen-bond acceptors (Lipinski definition) is 1. The van der Waals surface area contributed by atoms with Gasteiger partial charge in [-0.05, 0) is 49.7 Å². The lowest BCUT2D eigenvalue weighted by atomic mass is 9.86. The van der Waals surface area contributed by atoms with Crippen molar-refractivity contribution >= 4 is 8.32 Å². The third-order valence-corrected chi connectivity index (χ3v) is 8.77. The molecule has 19 heavy (non-hydrogen) atoms. The van der Waals surface area contributed by atoms with Crippen LogP contribution in [0.4, 0.5) is 0 Å². The zero-order valence-corrected chi connectivity index (χ0v) is 15.8. The predicted octanol–water partition coefficient (Wildman–Crippen LogP) is 6.17. The van der Waals surface area contributed by atoms with Gasteiger partial charge in [-0.25, -0.2) is 0 Å². The third kappa shape index (κ3) is 6.76. The molecule has 0 saturated carbocycles. The van der Waals surface area contributed by atoms with Crippen LogP contribution in [0.2, 0.25) is 18.1 Å². The summed E-state index contributed by atoms with van der Waals surface area (Å²) in [5, 5.41) is 0.283. The second kappa shape index (κ2) is 6.58. The molecule has 0 spiro atoms. The van der Waals surface area contributed by atoms with E-state index >= 15 is 0 Å². The van der Waals surface area contributed by atoms with Crippen LogP contribution in [-0.2, 0) is 4.43 Å². The monoisotopic (exact) mass is 284 g/mol. The van der Waals surface area contributed by atoms with E-state index in [0.717, 1.165) is 12.8 Å². The molecule has 0 bridgehead atoms. The lowest BCUT2D eigenvalue weighted by Crippen LogP contribution is -2.47. The van der Waals surface area contributed by atoms with Crippen LogP contribution in [-0.4, -0.2) is 14.4 Å². The van der Waals surface area contributed by atoms with Gasteiger partial charge in [0.2, 0.25) is 0 Å². The summed E-state index contributed by atoms with van der Waals surface area (Å²) >= 11 is 0.